The maximum absolute atomic E-state index is 13.7. The monoisotopic (exact) mass is 279 g/mol. The molecule has 1 aliphatic heterocycles. The van der Waals surface area contributed by atoms with Gasteiger partial charge in [-0.15, -0.1) is 0 Å². The van der Waals surface area contributed by atoms with Gasteiger partial charge in [0.05, 0.1) is 18.7 Å². The molecule has 106 valence electrons. The SMILES string of the molecule is Cc1cccc2c(N3CCOCC(F)(F)C3)ncnc12. The zero-order valence-electron chi connectivity index (χ0n) is 11.1. The van der Waals surface area contributed by atoms with E-state index in [0.29, 0.717) is 12.4 Å². The van der Waals surface area contributed by atoms with Crippen molar-refractivity contribution in [3.05, 3.63) is 30.1 Å². The maximum atomic E-state index is 13.7. The molecule has 0 saturated carbocycles. The van der Waals surface area contributed by atoms with E-state index in [1.165, 1.54) is 6.33 Å². The highest BCUT2D eigenvalue weighted by molar-refractivity contribution is 5.91. The van der Waals surface area contributed by atoms with Crippen molar-refractivity contribution in [3.8, 4) is 0 Å². The lowest BCUT2D eigenvalue weighted by Crippen LogP contribution is -2.38. The zero-order chi connectivity index (χ0) is 14.2. The summed E-state index contributed by atoms with van der Waals surface area (Å²) >= 11 is 0. The molecule has 20 heavy (non-hydrogen) atoms. The summed E-state index contributed by atoms with van der Waals surface area (Å²) in [5, 5.41) is 0.796. The van der Waals surface area contributed by atoms with E-state index in [2.05, 4.69) is 9.97 Å². The highest BCUT2D eigenvalue weighted by Gasteiger charge is 2.35. The van der Waals surface area contributed by atoms with Crippen LogP contribution in [-0.4, -0.2) is 42.2 Å². The van der Waals surface area contributed by atoms with Gasteiger partial charge in [-0.05, 0) is 18.6 Å². The minimum absolute atomic E-state index is 0.271. The van der Waals surface area contributed by atoms with Crippen LogP contribution in [-0.2, 0) is 4.74 Å². The minimum atomic E-state index is -2.86. The Bertz CT molecular complexity index is 633. The summed E-state index contributed by atoms with van der Waals surface area (Å²) < 4.78 is 32.3. The lowest BCUT2D eigenvalue weighted by Gasteiger charge is -2.25. The first-order valence-electron chi connectivity index (χ1n) is 6.48. The van der Waals surface area contributed by atoms with Gasteiger partial charge in [0.1, 0.15) is 18.8 Å². The van der Waals surface area contributed by atoms with Crippen LogP contribution in [0, 0.1) is 6.92 Å². The summed E-state index contributed by atoms with van der Waals surface area (Å²) in [6.07, 6.45) is 1.43. The molecule has 2 heterocycles. The summed E-state index contributed by atoms with van der Waals surface area (Å²) in [5.41, 5.74) is 1.80. The lowest BCUT2D eigenvalue weighted by molar-refractivity contribution is -0.0563. The van der Waals surface area contributed by atoms with Gasteiger partial charge < -0.3 is 9.64 Å². The molecule has 4 nitrogen and oxygen atoms in total. The predicted molar refractivity (Wildman–Crippen MR) is 72.3 cm³/mol. The average molecular weight is 279 g/mol. The molecule has 1 aromatic heterocycles. The molecule has 1 saturated heterocycles. The van der Waals surface area contributed by atoms with E-state index in [0.717, 1.165) is 16.5 Å². The quantitative estimate of drug-likeness (QED) is 0.803. The van der Waals surface area contributed by atoms with Crippen LogP contribution in [0.3, 0.4) is 0 Å². The van der Waals surface area contributed by atoms with Crippen molar-refractivity contribution in [2.45, 2.75) is 12.8 Å². The van der Waals surface area contributed by atoms with Gasteiger partial charge in [0.2, 0.25) is 0 Å². The van der Waals surface area contributed by atoms with Crippen LogP contribution in [0.15, 0.2) is 24.5 Å². The molecule has 0 radical (unpaired) electrons. The Balaban J connectivity index is 2.07. The van der Waals surface area contributed by atoms with E-state index < -0.39 is 12.5 Å². The summed E-state index contributed by atoms with van der Waals surface area (Å²) in [6, 6.07) is 5.69. The number of ether oxygens (including phenoxy) is 1. The number of hydrogen-bond acceptors (Lipinski definition) is 4. The van der Waals surface area contributed by atoms with Crippen molar-refractivity contribution in [2.24, 2.45) is 0 Å². The van der Waals surface area contributed by atoms with E-state index in [9.17, 15) is 8.78 Å². The molecule has 1 aromatic carbocycles. The first-order chi connectivity index (χ1) is 9.57. The molecule has 2 aromatic rings. The summed E-state index contributed by atoms with van der Waals surface area (Å²) in [5.74, 6) is -2.32. The third-order valence-corrected chi connectivity index (χ3v) is 3.39. The Morgan fingerprint density at radius 2 is 2.15 bits per heavy atom. The zero-order valence-corrected chi connectivity index (χ0v) is 11.1. The lowest BCUT2D eigenvalue weighted by atomic mass is 10.1. The summed E-state index contributed by atoms with van der Waals surface area (Å²) in [7, 11) is 0. The van der Waals surface area contributed by atoms with Gasteiger partial charge in [-0.1, -0.05) is 12.1 Å². The second kappa shape index (κ2) is 4.94. The number of aromatic nitrogens is 2. The van der Waals surface area contributed by atoms with Crippen LogP contribution >= 0.6 is 0 Å². The van der Waals surface area contributed by atoms with Gasteiger partial charge in [0.25, 0.3) is 5.92 Å². The molecular weight excluding hydrogens is 264 g/mol. The topological polar surface area (TPSA) is 38.2 Å². The number of benzene rings is 1. The molecular formula is C14H15F2N3O. The highest BCUT2D eigenvalue weighted by Crippen LogP contribution is 2.28. The number of nitrogens with zero attached hydrogens (tertiary/aromatic N) is 3. The van der Waals surface area contributed by atoms with E-state index in [-0.39, 0.29) is 13.2 Å². The van der Waals surface area contributed by atoms with Crippen LogP contribution in [0.5, 0.6) is 0 Å². The number of aryl methyl sites for hydroxylation is 1. The Morgan fingerprint density at radius 3 is 3.00 bits per heavy atom. The van der Waals surface area contributed by atoms with Crippen molar-refractivity contribution in [2.75, 3.05) is 31.2 Å². The average Bonchev–Trinajstić information content (AvgIpc) is 2.59. The minimum Gasteiger partial charge on any atom is -0.373 e. The number of halogens is 2. The van der Waals surface area contributed by atoms with Crippen molar-refractivity contribution in [1.29, 1.82) is 0 Å². The van der Waals surface area contributed by atoms with Crippen LogP contribution < -0.4 is 4.90 Å². The Kier molecular flexibility index (Phi) is 3.25. The fourth-order valence-corrected chi connectivity index (χ4v) is 2.45. The number of rotatable bonds is 1. The number of para-hydroxylation sites is 1. The van der Waals surface area contributed by atoms with Gasteiger partial charge in [-0.25, -0.2) is 18.7 Å². The van der Waals surface area contributed by atoms with Crippen molar-refractivity contribution < 1.29 is 13.5 Å². The van der Waals surface area contributed by atoms with E-state index in [1.807, 2.05) is 25.1 Å². The standard InChI is InChI=1S/C14H15F2N3O/c1-10-3-2-4-11-12(10)17-9-18-13(11)19-5-6-20-8-14(15,16)7-19/h2-4,9H,5-8H2,1H3. The number of anilines is 1. The van der Waals surface area contributed by atoms with E-state index >= 15 is 0 Å². The third kappa shape index (κ3) is 2.43. The van der Waals surface area contributed by atoms with Crippen LogP contribution in [0.25, 0.3) is 10.9 Å². The third-order valence-electron chi connectivity index (χ3n) is 3.39. The molecule has 0 N–H and O–H groups in total. The highest BCUT2D eigenvalue weighted by atomic mass is 19.3. The molecule has 3 rings (SSSR count). The number of alkyl halides is 2. The second-order valence-electron chi connectivity index (χ2n) is 5.00. The number of hydrogen-bond donors (Lipinski definition) is 0. The Labute approximate surface area is 115 Å². The van der Waals surface area contributed by atoms with Crippen LogP contribution in [0.4, 0.5) is 14.6 Å². The Morgan fingerprint density at radius 1 is 1.30 bits per heavy atom. The molecule has 0 unspecified atom stereocenters. The van der Waals surface area contributed by atoms with Crippen molar-refractivity contribution in [1.82, 2.24) is 9.97 Å². The predicted octanol–water partition coefficient (Wildman–Crippen LogP) is 2.41. The van der Waals surface area contributed by atoms with Crippen LogP contribution in [0.2, 0.25) is 0 Å². The molecule has 1 fully saturated rings. The van der Waals surface area contributed by atoms with Gasteiger partial charge in [-0.3, -0.25) is 0 Å². The van der Waals surface area contributed by atoms with Crippen LogP contribution in [0.1, 0.15) is 5.56 Å². The molecule has 0 bridgehead atoms. The van der Waals surface area contributed by atoms with Gasteiger partial charge in [-0.2, -0.15) is 0 Å². The molecule has 1 aliphatic rings. The first-order valence-corrected chi connectivity index (χ1v) is 6.48. The van der Waals surface area contributed by atoms with Crippen molar-refractivity contribution >= 4 is 16.7 Å². The second-order valence-corrected chi connectivity index (χ2v) is 5.00. The van der Waals surface area contributed by atoms with Gasteiger partial charge in [0.15, 0.2) is 0 Å². The number of fused-ring (bicyclic) bond motifs is 1. The molecule has 0 spiro atoms. The van der Waals surface area contributed by atoms with Gasteiger partial charge >= 0.3 is 0 Å². The Hall–Kier alpha value is -1.82. The summed E-state index contributed by atoms with van der Waals surface area (Å²) in [4.78, 5) is 10.0. The van der Waals surface area contributed by atoms with E-state index in [1.54, 1.807) is 4.90 Å². The normalized spacial score (nSPS) is 19.1. The molecule has 6 heteroatoms. The van der Waals surface area contributed by atoms with Gasteiger partial charge in [0, 0.05) is 11.9 Å². The summed E-state index contributed by atoms with van der Waals surface area (Å²) in [6.45, 7) is 1.69. The smallest absolute Gasteiger partial charge is 0.288 e. The van der Waals surface area contributed by atoms with Crippen molar-refractivity contribution in [3.63, 3.8) is 0 Å². The maximum Gasteiger partial charge on any atom is 0.288 e. The fraction of sp³-hybridized carbons (Fsp3) is 0.429. The molecule has 0 amide bonds. The fourth-order valence-electron chi connectivity index (χ4n) is 2.45. The molecule has 0 atom stereocenters. The molecule has 0 aliphatic carbocycles. The largest absolute Gasteiger partial charge is 0.373 e. The van der Waals surface area contributed by atoms with E-state index in [4.69, 9.17) is 4.74 Å². The first kappa shape index (κ1) is 13.2.